The number of nitrogens with two attached hydrogens (primary N) is 1. The van der Waals surface area contributed by atoms with E-state index < -0.39 is 0 Å². The normalized spacial score (nSPS) is 21.6. The van der Waals surface area contributed by atoms with Gasteiger partial charge in [0.2, 0.25) is 5.91 Å². The van der Waals surface area contributed by atoms with Gasteiger partial charge < -0.3 is 10.3 Å². The Kier molecular flexibility index (Phi) is 1.24. The predicted octanol–water partition coefficient (Wildman–Crippen LogP) is 0.461. The fourth-order valence-corrected chi connectivity index (χ4v) is 1.65. The highest BCUT2D eigenvalue weighted by Crippen LogP contribution is 2.27. The van der Waals surface area contributed by atoms with E-state index in [0.717, 1.165) is 18.7 Å². The van der Waals surface area contributed by atoms with Crippen LogP contribution in [0.4, 0.5) is 0 Å². The molecule has 1 aromatic heterocycles. The van der Waals surface area contributed by atoms with E-state index in [1.165, 1.54) is 0 Å². The molecule has 2 N–H and O–H groups in total. The minimum atomic E-state index is -0.206. The minimum Gasteiger partial charge on any atom is -0.369 e. The second-order valence-corrected chi connectivity index (χ2v) is 2.87. The van der Waals surface area contributed by atoms with Crippen molar-refractivity contribution in [3.05, 3.63) is 24.0 Å². The summed E-state index contributed by atoms with van der Waals surface area (Å²) in [5.41, 5.74) is 6.29. The zero-order valence-electron chi connectivity index (χ0n) is 6.16. The topological polar surface area (TPSA) is 48.0 Å². The minimum absolute atomic E-state index is 0.0509. The van der Waals surface area contributed by atoms with Crippen molar-refractivity contribution in [1.29, 1.82) is 0 Å². The number of hydrogen-bond donors (Lipinski definition) is 1. The number of aromatic nitrogens is 1. The summed E-state index contributed by atoms with van der Waals surface area (Å²) in [6.07, 6.45) is 2.85. The van der Waals surface area contributed by atoms with Gasteiger partial charge in [0, 0.05) is 18.4 Å². The number of amides is 1. The summed E-state index contributed by atoms with van der Waals surface area (Å²) in [4.78, 5) is 10.9. The summed E-state index contributed by atoms with van der Waals surface area (Å²) in [5.74, 6) is -0.257. The van der Waals surface area contributed by atoms with Crippen molar-refractivity contribution in [2.24, 2.45) is 5.73 Å². The summed E-state index contributed by atoms with van der Waals surface area (Å²) >= 11 is 0. The smallest absolute Gasteiger partial charge is 0.226 e. The number of hydrogen-bond acceptors (Lipinski definition) is 1. The van der Waals surface area contributed by atoms with Crippen LogP contribution in [0.25, 0.3) is 0 Å². The molecule has 0 saturated heterocycles. The number of carbonyl (C=O) groups excluding carboxylic acids is 1. The monoisotopic (exact) mass is 150 g/mol. The Morgan fingerprint density at radius 1 is 1.73 bits per heavy atom. The van der Waals surface area contributed by atoms with Crippen molar-refractivity contribution in [3.63, 3.8) is 0 Å². The summed E-state index contributed by atoms with van der Waals surface area (Å²) in [5, 5.41) is 0. The number of primary amides is 1. The summed E-state index contributed by atoms with van der Waals surface area (Å²) in [6.45, 7) is 0.927. The van der Waals surface area contributed by atoms with Gasteiger partial charge >= 0.3 is 0 Å². The highest BCUT2D eigenvalue weighted by molar-refractivity contribution is 5.81. The predicted molar refractivity (Wildman–Crippen MR) is 41.0 cm³/mol. The van der Waals surface area contributed by atoms with Gasteiger partial charge in [-0.05, 0) is 18.6 Å². The van der Waals surface area contributed by atoms with Gasteiger partial charge in [-0.2, -0.15) is 0 Å². The molecule has 0 saturated carbocycles. The van der Waals surface area contributed by atoms with E-state index in [4.69, 9.17) is 5.73 Å². The Hall–Kier alpha value is -1.25. The average molecular weight is 150 g/mol. The lowest BCUT2D eigenvalue weighted by atomic mass is 10.0. The van der Waals surface area contributed by atoms with E-state index in [2.05, 4.69) is 4.57 Å². The molecule has 2 heterocycles. The molecule has 11 heavy (non-hydrogen) atoms. The first-order valence-electron chi connectivity index (χ1n) is 3.73. The summed E-state index contributed by atoms with van der Waals surface area (Å²) in [6, 6.07) is 3.91. The molecule has 0 aromatic carbocycles. The van der Waals surface area contributed by atoms with Crippen LogP contribution in [0.1, 0.15) is 18.0 Å². The molecule has 1 amide bonds. The zero-order valence-corrected chi connectivity index (χ0v) is 6.16. The Balaban J connectivity index is 2.38. The molecule has 1 unspecified atom stereocenters. The Morgan fingerprint density at radius 3 is 3.27 bits per heavy atom. The van der Waals surface area contributed by atoms with Crippen molar-refractivity contribution >= 4 is 5.91 Å². The van der Waals surface area contributed by atoms with Gasteiger partial charge in [0.05, 0.1) is 5.92 Å². The van der Waals surface area contributed by atoms with Crippen LogP contribution in [0, 0.1) is 0 Å². The lowest BCUT2D eigenvalue weighted by Gasteiger charge is -2.01. The van der Waals surface area contributed by atoms with E-state index in [-0.39, 0.29) is 11.8 Å². The number of rotatable bonds is 1. The molecular weight excluding hydrogens is 140 g/mol. The lowest BCUT2D eigenvalue weighted by molar-refractivity contribution is -0.119. The Labute approximate surface area is 64.8 Å². The van der Waals surface area contributed by atoms with Crippen LogP contribution in [-0.2, 0) is 11.3 Å². The Bertz CT molecular complexity index is 290. The Morgan fingerprint density at radius 2 is 2.55 bits per heavy atom. The molecule has 0 radical (unpaired) electrons. The highest BCUT2D eigenvalue weighted by Gasteiger charge is 2.25. The largest absolute Gasteiger partial charge is 0.369 e. The van der Waals surface area contributed by atoms with E-state index in [0.29, 0.717) is 0 Å². The van der Waals surface area contributed by atoms with Gasteiger partial charge in [-0.1, -0.05) is 0 Å². The fraction of sp³-hybridized carbons (Fsp3) is 0.375. The van der Waals surface area contributed by atoms with Crippen molar-refractivity contribution in [1.82, 2.24) is 4.57 Å². The quantitative estimate of drug-likeness (QED) is 0.621. The van der Waals surface area contributed by atoms with Crippen LogP contribution in [0.2, 0.25) is 0 Å². The number of nitrogens with zero attached hydrogens (tertiary/aromatic N) is 1. The van der Waals surface area contributed by atoms with Gasteiger partial charge in [-0.25, -0.2) is 0 Å². The van der Waals surface area contributed by atoms with Crippen LogP contribution < -0.4 is 5.73 Å². The van der Waals surface area contributed by atoms with Crippen LogP contribution in [0.3, 0.4) is 0 Å². The van der Waals surface area contributed by atoms with Crippen molar-refractivity contribution in [2.45, 2.75) is 18.9 Å². The lowest BCUT2D eigenvalue weighted by Crippen LogP contribution is -2.19. The summed E-state index contributed by atoms with van der Waals surface area (Å²) in [7, 11) is 0. The molecule has 2 rings (SSSR count). The number of aryl methyl sites for hydroxylation is 1. The molecule has 1 atom stereocenters. The SMILES string of the molecule is NC(=O)C1CCn2cccc21. The molecule has 0 spiro atoms. The third kappa shape index (κ3) is 0.843. The molecule has 1 aromatic rings. The van der Waals surface area contributed by atoms with E-state index in [1.54, 1.807) is 0 Å². The highest BCUT2D eigenvalue weighted by atomic mass is 16.1. The molecule has 1 aliphatic heterocycles. The van der Waals surface area contributed by atoms with Gasteiger partial charge in [0.1, 0.15) is 0 Å². The van der Waals surface area contributed by atoms with E-state index >= 15 is 0 Å². The first-order chi connectivity index (χ1) is 5.29. The fourth-order valence-electron chi connectivity index (χ4n) is 1.65. The first-order valence-corrected chi connectivity index (χ1v) is 3.73. The van der Waals surface area contributed by atoms with Gasteiger partial charge in [0.25, 0.3) is 0 Å². The maximum absolute atomic E-state index is 10.9. The van der Waals surface area contributed by atoms with Crippen LogP contribution in [0.15, 0.2) is 18.3 Å². The standard InChI is InChI=1S/C8H10N2O/c9-8(11)6-3-5-10-4-1-2-7(6)10/h1-2,4,6H,3,5H2,(H2,9,11). The first kappa shape index (κ1) is 6.46. The molecule has 0 bridgehead atoms. The molecule has 1 aliphatic rings. The van der Waals surface area contributed by atoms with Crippen molar-refractivity contribution < 1.29 is 4.79 Å². The molecule has 0 aliphatic carbocycles. The third-order valence-corrected chi connectivity index (χ3v) is 2.22. The van der Waals surface area contributed by atoms with E-state index in [9.17, 15) is 4.79 Å². The number of carbonyl (C=O) groups is 1. The maximum atomic E-state index is 10.9. The second kappa shape index (κ2) is 2.12. The van der Waals surface area contributed by atoms with Gasteiger partial charge in [-0.3, -0.25) is 4.79 Å². The van der Waals surface area contributed by atoms with Gasteiger partial charge in [0.15, 0.2) is 0 Å². The van der Waals surface area contributed by atoms with Crippen molar-refractivity contribution in [2.75, 3.05) is 0 Å². The molecule has 58 valence electrons. The maximum Gasteiger partial charge on any atom is 0.226 e. The van der Waals surface area contributed by atoms with Crippen LogP contribution in [-0.4, -0.2) is 10.5 Å². The zero-order chi connectivity index (χ0) is 7.84. The van der Waals surface area contributed by atoms with Crippen LogP contribution in [0.5, 0.6) is 0 Å². The molecule has 3 heteroatoms. The number of fused-ring (bicyclic) bond motifs is 1. The molecule has 3 nitrogen and oxygen atoms in total. The molecule has 0 fully saturated rings. The average Bonchev–Trinajstić information content (AvgIpc) is 2.41. The second-order valence-electron chi connectivity index (χ2n) is 2.87. The van der Waals surface area contributed by atoms with Crippen LogP contribution >= 0.6 is 0 Å². The van der Waals surface area contributed by atoms with Gasteiger partial charge in [-0.15, -0.1) is 0 Å². The molecular formula is C8H10N2O. The van der Waals surface area contributed by atoms with E-state index in [1.807, 2.05) is 18.3 Å². The van der Waals surface area contributed by atoms with Crippen molar-refractivity contribution in [3.8, 4) is 0 Å². The third-order valence-electron chi connectivity index (χ3n) is 2.22. The summed E-state index contributed by atoms with van der Waals surface area (Å²) < 4.78 is 2.08.